The van der Waals surface area contributed by atoms with E-state index in [1.54, 1.807) is 0 Å². The van der Waals surface area contributed by atoms with Crippen molar-refractivity contribution in [2.75, 3.05) is 36.5 Å². The zero-order chi connectivity index (χ0) is 12.5. The highest BCUT2D eigenvalue weighted by Crippen LogP contribution is 2.37. The predicted octanol–water partition coefficient (Wildman–Crippen LogP) is 1.31. The van der Waals surface area contributed by atoms with Crippen molar-refractivity contribution >= 4 is 27.3 Å². The molecule has 0 aromatic carbocycles. The summed E-state index contributed by atoms with van der Waals surface area (Å²) in [6.07, 6.45) is 3.56. The minimum Gasteiger partial charge on any atom is -0.346 e. The summed E-state index contributed by atoms with van der Waals surface area (Å²) in [7, 11) is 1.42. The summed E-state index contributed by atoms with van der Waals surface area (Å²) in [4.78, 5) is 8.53. The number of fused-ring (bicyclic) bond motifs is 1. The second-order valence-corrected chi connectivity index (χ2v) is 7.58. The van der Waals surface area contributed by atoms with E-state index in [4.69, 9.17) is 4.98 Å². The molecule has 1 aromatic rings. The third-order valence-electron chi connectivity index (χ3n) is 3.74. The molecular weight excluding hydrogens is 266 g/mol. The molecule has 0 radical (unpaired) electrons. The molecule has 1 unspecified atom stereocenters. The number of aryl methyl sites for hydroxylation is 1. The van der Waals surface area contributed by atoms with Gasteiger partial charge in [0.05, 0.1) is 5.69 Å². The lowest BCUT2D eigenvalue weighted by Crippen LogP contribution is -2.37. The second kappa shape index (κ2) is 5.27. The molecule has 100 valence electrons. The smallest absolute Gasteiger partial charge is 0.185 e. The number of hydrogen-bond acceptors (Lipinski definition) is 5. The minimum absolute atomic E-state index is 0.485. The van der Waals surface area contributed by atoms with Crippen LogP contribution in [0.4, 0.5) is 5.13 Å². The van der Waals surface area contributed by atoms with Gasteiger partial charge in [0.2, 0.25) is 0 Å². The predicted molar refractivity (Wildman–Crippen MR) is 76.9 cm³/mol. The van der Waals surface area contributed by atoms with Crippen molar-refractivity contribution in [1.29, 1.82) is 0 Å². The van der Waals surface area contributed by atoms with E-state index in [2.05, 4.69) is 10.2 Å². The first-order valence-electron chi connectivity index (χ1n) is 6.54. The Labute approximate surface area is 114 Å². The molecule has 0 amide bonds. The van der Waals surface area contributed by atoms with Crippen molar-refractivity contribution in [2.45, 2.75) is 25.3 Å². The van der Waals surface area contributed by atoms with Crippen LogP contribution < -0.4 is 10.2 Å². The Morgan fingerprint density at radius 1 is 1.44 bits per heavy atom. The van der Waals surface area contributed by atoms with Crippen LogP contribution in [0.15, 0.2) is 0 Å². The number of anilines is 1. The lowest BCUT2D eigenvalue weighted by atomic mass is 9.98. The Balaban J connectivity index is 1.82. The molecule has 0 spiro atoms. The quantitative estimate of drug-likeness (QED) is 0.890. The van der Waals surface area contributed by atoms with E-state index < -0.39 is 10.8 Å². The Kier molecular flexibility index (Phi) is 3.68. The molecule has 2 heterocycles. The molecule has 3 rings (SSSR count). The molecule has 0 saturated carbocycles. The first kappa shape index (κ1) is 12.6. The lowest BCUT2D eigenvalue weighted by Gasteiger charge is -2.25. The minimum atomic E-state index is -0.610. The fourth-order valence-electron chi connectivity index (χ4n) is 2.65. The zero-order valence-corrected chi connectivity index (χ0v) is 12.3. The van der Waals surface area contributed by atoms with Crippen molar-refractivity contribution in [3.05, 3.63) is 10.6 Å². The Hall–Kier alpha value is -0.460. The van der Waals surface area contributed by atoms with Crippen molar-refractivity contribution < 1.29 is 4.21 Å². The molecule has 1 aliphatic carbocycles. The van der Waals surface area contributed by atoms with Gasteiger partial charge in [0, 0.05) is 46.3 Å². The van der Waals surface area contributed by atoms with Crippen LogP contribution in [0, 0.1) is 0 Å². The summed E-state index contributed by atoms with van der Waals surface area (Å²) < 4.78 is 11.4. The molecule has 6 heteroatoms. The van der Waals surface area contributed by atoms with Gasteiger partial charge in [-0.15, -0.1) is 0 Å². The molecule has 4 nitrogen and oxygen atoms in total. The van der Waals surface area contributed by atoms with Crippen LogP contribution in [0.1, 0.15) is 29.5 Å². The summed E-state index contributed by atoms with van der Waals surface area (Å²) in [6.45, 7) is 1.78. The summed E-state index contributed by atoms with van der Waals surface area (Å²) >= 11 is 1.83. The third-order valence-corrected chi connectivity index (χ3v) is 6.28. The van der Waals surface area contributed by atoms with Gasteiger partial charge in [-0.25, -0.2) is 4.98 Å². The molecule has 0 bridgehead atoms. The Bertz CT molecular complexity index is 450. The van der Waals surface area contributed by atoms with Crippen LogP contribution in [-0.4, -0.2) is 40.8 Å². The van der Waals surface area contributed by atoms with E-state index in [0.29, 0.717) is 6.04 Å². The standard InChI is InChI=1S/C12H19N3OS2/c1-13-9-3-2-4-10-11(9)17-12(14-10)15-5-7-18(16)8-6-15/h9,13H,2-8H2,1H3. The van der Waals surface area contributed by atoms with E-state index in [1.165, 1.54) is 23.4 Å². The average Bonchev–Trinajstić information content (AvgIpc) is 2.83. The summed E-state index contributed by atoms with van der Waals surface area (Å²) in [5, 5.41) is 4.52. The summed E-state index contributed by atoms with van der Waals surface area (Å²) in [6, 6.07) is 0.485. The summed E-state index contributed by atoms with van der Waals surface area (Å²) in [5.41, 5.74) is 1.28. The average molecular weight is 285 g/mol. The number of nitrogens with zero attached hydrogens (tertiary/aromatic N) is 2. The molecule has 1 saturated heterocycles. The molecular formula is C12H19N3OS2. The highest BCUT2D eigenvalue weighted by molar-refractivity contribution is 7.85. The molecule has 1 aliphatic heterocycles. The Morgan fingerprint density at radius 3 is 2.94 bits per heavy atom. The number of aromatic nitrogens is 1. The van der Waals surface area contributed by atoms with Gasteiger partial charge in [0.15, 0.2) is 5.13 Å². The van der Waals surface area contributed by atoms with E-state index >= 15 is 0 Å². The summed E-state index contributed by atoms with van der Waals surface area (Å²) in [5.74, 6) is 1.58. The molecule has 18 heavy (non-hydrogen) atoms. The third kappa shape index (κ3) is 2.33. The van der Waals surface area contributed by atoms with Crippen molar-refractivity contribution in [3.63, 3.8) is 0 Å². The maximum atomic E-state index is 11.4. The second-order valence-electron chi connectivity index (χ2n) is 4.88. The number of rotatable bonds is 2. The van der Waals surface area contributed by atoms with E-state index in [1.807, 2.05) is 18.4 Å². The first-order valence-corrected chi connectivity index (χ1v) is 8.85. The largest absolute Gasteiger partial charge is 0.346 e. The SMILES string of the molecule is CNC1CCCc2nc(N3CCS(=O)CC3)sc21. The van der Waals surface area contributed by atoms with Gasteiger partial charge >= 0.3 is 0 Å². The molecule has 1 aromatic heterocycles. The first-order chi connectivity index (χ1) is 8.78. The van der Waals surface area contributed by atoms with Gasteiger partial charge in [-0.2, -0.15) is 0 Å². The van der Waals surface area contributed by atoms with E-state index in [9.17, 15) is 4.21 Å². The molecule has 1 fully saturated rings. The monoisotopic (exact) mass is 285 g/mol. The molecule has 2 aliphatic rings. The number of hydrogen-bond donors (Lipinski definition) is 1. The number of thiazole rings is 1. The van der Waals surface area contributed by atoms with Crippen LogP contribution >= 0.6 is 11.3 Å². The fraction of sp³-hybridized carbons (Fsp3) is 0.750. The van der Waals surface area contributed by atoms with Crippen molar-refractivity contribution in [3.8, 4) is 0 Å². The fourth-order valence-corrected chi connectivity index (χ4v) is 5.01. The zero-order valence-electron chi connectivity index (χ0n) is 10.6. The normalized spacial score (nSPS) is 25.2. The van der Waals surface area contributed by atoms with Crippen LogP contribution in [0.5, 0.6) is 0 Å². The van der Waals surface area contributed by atoms with E-state index in [-0.39, 0.29) is 0 Å². The van der Waals surface area contributed by atoms with Gasteiger partial charge < -0.3 is 10.2 Å². The maximum Gasteiger partial charge on any atom is 0.185 e. The molecule has 1 atom stereocenters. The van der Waals surface area contributed by atoms with Crippen LogP contribution in [0.25, 0.3) is 0 Å². The molecule has 1 N–H and O–H groups in total. The van der Waals surface area contributed by atoms with Crippen LogP contribution in [0.3, 0.4) is 0 Å². The van der Waals surface area contributed by atoms with Crippen molar-refractivity contribution in [1.82, 2.24) is 10.3 Å². The van der Waals surface area contributed by atoms with Gasteiger partial charge in [0.1, 0.15) is 0 Å². The van der Waals surface area contributed by atoms with Crippen LogP contribution in [-0.2, 0) is 17.2 Å². The van der Waals surface area contributed by atoms with Gasteiger partial charge in [-0.1, -0.05) is 11.3 Å². The van der Waals surface area contributed by atoms with Crippen molar-refractivity contribution in [2.24, 2.45) is 0 Å². The van der Waals surface area contributed by atoms with Crippen LogP contribution in [0.2, 0.25) is 0 Å². The Morgan fingerprint density at radius 2 is 2.22 bits per heavy atom. The van der Waals surface area contributed by atoms with Gasteiger partial charge in [-0.3, -0.25) is 4.21 Å². The van der Waals surface area contributed by atoms with Gasteiger partial charge in [-0.05, 0) is 26.3 Å². The number of nitrogens with one attached hydrogen (secondary N) is 1. The highest BCUT2D eigenvalue weighted by Gasteiger charge is 2.26. The van der Waals surface area contributed by atoms with E-state index in [0.717, 1.165) is 36.1 Å². The van der Waals surface area contributed by atoms with Gasteiger partial charge in [0.25, 0.3) is 0 Å². The lowest BCUT2D eigenvalue weighted by molar-refractivity contribution is 0.501. The topological polar surface area (TPSA) is 45.2 Å². The maximum absolute atomic E-state index is 11.4. The highest BCUT2D eigenvalue weighted by atomic mass is 32.2.